The molecular weight excluding hydrogens is 226 g/mol. The molecule has 0 spiro atoms. The minimum atomic E-state index is 0.574. The van der Waals surface area contributed by atoms with Crippen LogP contribution in [0.15, 0.2) is 35.7 Å². The minimum Gasteiger partial charge on any atom is -0.277 e. The lowest BCUT2D eigenvalue weighted by atomic mass is 9.91. The second-order valence-corrected chi connectivity index (χ2v) is 6.30. The van der Waals surface area contributed by atoms with Crippen LogP contribution in [0.1, 0.15) is 46.5 Å². The van der Waals surface area contributed by atoms with E-state index < -0.39 is 0 Å². The third-order valence-corrected chi connectivity index (χ3v) is 5.41. The highest BCUT2D eigenvalue weighted by Crippen LogP contribution is 2.61. The number of nitrogens with zero attached hydrogens (tertiary/aromatic N) is 1. The zero-order chi connectivity index (χ0) is 11.0. The summed E-state index contributed by atoms with van der Waals surface area (Å²) in [6, 6.07) is 13.4. The maximum atomic E-state index is 2.77. The first-order valence-electron chi connectivity index (χ1n) is 6.38. The van der Waals surface area contributed by atoms with Crippen molar-refractivity contribution in [1.82, 2.24) is 4.90 Å². The van der Waals surface area contributed by atoms with Crippen LogP contribution < -0.4 is 0 Å². The topological polar surface area (TPSA) is 3.24 Å². The van der Waals surface area contributed by atoms with E-state index in [0.717, 1.165) is 6.04 Å². The normalized spacial score (nSPS) is 29.4. The molecule has 1 fully saturated rings. The Hall–Kier alpha value is -1.12. The zero-order valence-corrected chi connectivity index (χ0v) is 10.3. The Morgan fingerprint density at radius 2 is 1.71 bits per heavy atom. The van der Waals surface area contributed by atoms with Gasteiger partial charge in [-0.15, -0.1) is 11.3 Å². The molecule has 2 atom stereocenters. The van der Waals surface area contributed by atoms with Gasteiger partial charge in [0.2, 0.25) is 0 Å². The first kappa shape index (κ1) is 8.90. The fourth-order valence-corrected chi connectivity index (χ4v) is 4.71. The van der Waals surface area contributed by atoms with Crippen molar-refractivity contribution >= 4 is 11.3 Å². The van der Waals surface area contributed by atoms with Crippen LogP contribution in [0, 0.1) is 0 Å². The molecule has 3 aliphatic rings. The summed E-state index contributed by atoms with van der Waals surface area (Å²) in [6.07, 6.45) is 2.80. The molecule has 3 heterocycles. The quantitative estimate of drug-likeness (QED) is 0.733. The van der Waals surface area contributed by atoms with E-state index >= 15 is 0 Å². The average molecular weight is 239 g/mol. The zero-order valence-electron chi connectivity index (χ0n) is 9.47. The fourth-order valence-electron chi connectivity index (χ4n) is 3.66. The number of hydrogen-bond donors (Lipinski definition) is 0. The van der Waals surface area contributed by atoms with Crippen LogP contribution in [0.25, 0.3) is 0 Å². The molecule has 2 bridgehead atoms. The molecule has 84 valence electrons. The smallest absolute Gasteiger partial charge is 0.0713 e. The van der Waals surface area contributed by atoms with Crippen LogP contribution in [-0.2, 0) is 0 Å². The van der Waals surface area contributed by atoms with Crippen molar-refractivity contribution in [3.05, 3.63) is 57.3 Å². The molecule has 1 aliphatic carbocycles. The molecule has 17 heavy (non-hydrogen) atoms. The summed E-state index contributed by atoms with van der Waals surface area (Å²) in [5.74, 6) is 0. The van der Waals surface area contributed by atoms with E-state index in [4.69, 9.17) is 0 Å². The van der Waals surface area contributed by atoms with Crippen molar-refractivity contribution < 1.29 is 0 Å². The number of hydrogen-bond acceptors (Lipinski definition) is 2. The van der Waals surface area contributed by atoms with Gasteiger partial charge in [0.1, 0.15) is 0 Å². The minimum absolute atomic E-state index is 0.574. The predicted molar refractivity (Wildman–Crippen MR) is 69.3 cm³/mol. The van der Waals surface area contributed by atoms with Gasteiger partial charge in [-0.25, -0.2) is 0 Å². The van der Waals surface area contributed by atoms with Gasteiger partial charge < -0.3 is 0 Å². The van der Waals surface area contributed by atoms with E-state index in [1.54, 1.807) is 21.6 Å². The molecule has 2 heteroatoms. The van der Waals surface area contributed by atoms with Gasteiger partial charge in [0.25, 0.3) is 0 Å². The fraction of sp³-hybridized carbons (Fsp3) is 0.333. The molecule has 2 unspecified atom stereocenters. The molecular formula is C15H13NS. The van der Waals surface area contributed by atoms with Crippen LogP contribution in [0.3, 0.4) is 0 Å². The first-order chi connectivity index (χ1) is 8.45. The van der Waals surface area contributed by atoms with E-state index in [0.29, 0.717) is 12.1 Å². The van der Waals surface area contributed by atoms with E-state index in [9.17, 15) is 0 Å². The molecule has 1 saturated carbocycles. The maximum absolute atomic E-state index is 2.77. The van der Waals surface area contributed by atoms with Crippen molar-refractivity contribution in [1.29, 1.82) is 0 Å². The lowest BCUT2D eigenvalue weighted by Gasteiger charge is -2.21. The molecule has 2 aromatic rings. The van der Waals surface area contributed by atoms with Gasteiger partial charge in [-0.3, -0.25) is 4.90 Å². The monoisotopic (exact) mass is 239 g/mol. The molecule has 1 aromatic heterocycles. The van der Waals surface area contributed by atoms with Crippen molar-refractivity contribution in [2.24, 2.45) is 0 Å². The molecule has 5 rings (SSSR count). The van der Waals surface area contributed by atoms with Crippen LogP contribution in [0.4, 0.5) is 0 Å². The molecule has 0 N–H and O–H groups in total. The molecule has 1 nitrogen and oxygen atoms in total. The van der Waals surface area contributed by atoms with Crippen molar-refractivity contribution in [2.45, 2.75) is 31.0 Å². The number of benzene rings is 1. The van der Waals surface area contributed by atoms with E-state index in [2.05, 4.69) is 40.6 Å². The first-order valence-corrected chi connectivity index (χ1v) is 7.26. The van der Waals surface area contributed by atoms with Gasteiger partial charge in [0.15, 0.2) is 0 Å². The standard InChI is InChI=1S/C15H13NS/c1-2-4-11-10(3-1)13-12-7-8-17-15(12)14(11)16(13)9-5-6-9/h1-4,7-9,13-14H,5-6H2. The van der Waals surface area contributed by atoms with Crippen LogP contribution in [0.5, 0.6) is 0 Å². The van der Waals surface area contributed by atoms with Crippen molar-refractivity contribution in [2.75, 3.05) is 0 Å². The SMILES string of the molecule is c1ccc2c(c1)C1c3ccsc3C2N1C1CC1. The lowest BCUT2D eigenvalue weighted by molar-refractivity contribution is 0.227. The summed E-state index contributed by atoms with van der Waals surface area (Å²) in [5, 5.41) is 2.26. The van der Waals surface area contributed by atoms with Gasteiger partial charge in [-0.1, -0.05) is 24.3 Å². The van der Waals surface area contributed by atoms with E-state index in [-0.39, 0.29) is 0 Å². The Labute approximate surface area is 105 Å². The molecule has 0 saturated heterocycles. The van der Waals surface area contributed by atoms with Crippen LogP contribution in [0.2, 0.25) is 0 Å². The van der Waals surface area contributed by atoms with Crippen LogP contribution >= 0.6 is 11.3 Å². The average Bonchev–Trinajstić information content (AvgIpc) is 2.88. The summed E-state index contributed by atoms with van der Waals surface area (Å²) in [4.78, 5) is 4.38. The van der Waals surface area contributed by atoms with Gasteiger partial charge in [0.05, 0.1) is 12.1 Å². The Bertz CT molecular complexity index is 565. The van der Waals surface area contributed by atoms with Gasteiger partial charge in [-0.2, -0.15) is 0 Å². The largest absolute Gasteiger partial charge is 0.277 e. The van der Waals surface area contributed by atoms with Gasteiger partial charge in [0, 0.05) is 10.9 Å². The third-order valence-electron chi connectivity index (χ3n) is 4.42. The van der Waals surface area contributed by atoms with E-state index in [1.807, 2.05) is 11.3 Å². The third kappa shape index (κ3) is 0.954. The van der Waals surface area contributed by atoms with E-state index in [1.165, 1.54) is 12.8 Å². The summed E-state index contributed by atoms with van der Waals surface area (Å²) in [5.41, 5.74) is 4.72. The lowest BCUT2D eigenvalue weighted by Crippen LogP contribution is -2.23. The highest BCUT2D eigenvalue weighted by molar-refractivity contribution is 7.10. The number of rotatable bonds is 1. The Morgan fingerprint density at radius 3 is 2.47 bits per heavy atom. The number of fused-ring (bicyclic) bond motifs is 8. The number of thiophene rings is 1. The highest BCUT2D eigenvalue weighted by atomic mass is 32.1. The van der Waals surface area contributed by atoms with Gasteiger partial charge in [-0.05, 0) is 41.0 Å². The Kier molecular flexibility index (Phi) is 1.48. The van der Waals surface area contributed by atoms with Crippen molar-refractivity contribution in [3.63, 3.8) is 0 Å². The summed E-state index contributed by atoms with van der Waals surface area (Å²) in [6.45, 7) is 0. The summed E-state index contributed by atoms with van der Waals surface area (Å²) < 4.78 is 0. The van der Waals surface area contributed by atoms with Crippen LogP contribution in [-0.4, -0.2) is 10.9 Å². The molecule has 0 amide bonds. The predicted octanol–water partition coefficient (Wildman–Crippen LogP) is 3.72. The van der Waals surface area contributed by atoms with Gasteiger partial charge >= 0.3 is 0 Å². The molecule has 0 radical (unpaired) electrons. The maximum Gasteiger partial charge on any atom is 0.0713 e. The van der Waals surface area contributed by atoms with Crippen molar-refractivity contribution in [3.8, 4) is 0 Å². The second-order valence-electron chi connectivity index (χ2n) is 5.35. The highest BCUT2D eigenvalue weighted by Gasteiger charge is 2.53. The molecule has 1 aromatic carbocycles. The second kappa shape index (κ2) is 2.82. The Morgan fingerprint density at radius 1 is 0.941 bits per heavy atom. The summed E-state index contributed by atoms with van der Waals surface area (Å²) in [7, 11) is 0. The Balaban J connectivity index is 1.79. The summed E-state index contributed by atoms with van der Waals surface area (Å²) >= 11 is 1.95. The molecule has 2 aliphatic heterocycles.